The van der Waals surface area contributed by atoms with Gasteiger partial charge in [0.1, 0.15) is 0 Å². The Balaban J connectivity index is 2.40. The molecule has 1 aromatic carbocycles. The monoisotopic (exact) mass is 220 g/mol. The number of aromatic nitrogens is 2. The van der Waals surface area contributed by atoms with Crippen molar-refractivity contribution in [1.29, 1.82) is 0 Å². The topological polar surface area (TPSA) is 55.0 Å². The molecular formula is C11H9FN2O2. The number of H-pyrrole nitrogens is 1. The molecule has 1 N–H and O–H groups in total. The van der Waals surface area contributed by atoms with E-state index in [1.165, 1.54) is 19.2 Å². The van der Waals surface area contributed by atoms with Crippen LogP contribution in [0.15, 0.2) is 24.3 Å². The molecule has 82 valence electrons. The lowest BCUT2D eigenvalue weighted by molar-refractivity contribution is 0.111. The Labute approximate surface area is 91.1 Å². The Bertz CT molecular complexity index is 522. The van der Waals surface area contributed by atoms with Gasteiger partial charge in [0.15, 0.2) is 17.9 Å². The number of hydrogen-bond donors (Lipinski definition) is 1. The van der Waals surface area contributed by atoms with Gasteiger partial charge in [-0.15, -0.1) is 0 Å². The molecule has 0 aliphatic rings. The molecule has 0 fully saturated rings. The summed E-state index contributed by atoms with van der Waals surface area (Å²) >= 11 is 0. The van der Waals surface area contributed by atoms with Crippen LogP contribution in [-0.2, 0) is 0 Å². The first-order chi connectivity index (χ1) is 7.74. The first kappa shape index (κ1) is 10.4. The summed E-state index contributed by atoms with van der Waals surface area (Å²) in [6, 6.07) is 6.05. The minimum atomic E-state index is -0.462. The largest absolute Gasteiger partial charge is 0.494 e. The van der Waals surface area contributed by atoms with E-state index in [0.717, 1.165) is 0 Å². The highest BCUT2D eigenvalue weighted by Gasteiger charge is 2.07. The van der Waals surface area contributed by atoms with E-state index in [4.69, 9.17) is 4.74 Å². The van der Waals surface area contributed by atoms with Gasteiger partial charge >= 0.3 is 0 Å². The third-order valence-corrected chi connectivity index (χ3v) is 2.17. The fourth-order valence-corrected chi connectivity index (χ4v) is 1.37. The highest BCUT2D eigenvalue weighted by molar-refractivity contribution is 5.75. The first-order valence-corrected chi connectivity index (χ1v) is 4.59. The van der Waals surface area contributed by atoms with Gasteiger partial charge in [-0.05, 0) is 24.3 Å². The molecule has 1 heterocycles. The van der Waals surface area contributed by atoms with E-state index in [1.54, 1.807) is 12.1 Å². The number of carbonyl (C=O) groups excluding carboxylic acids is 1. The van der Waals surface area contributed by atoms with Crippen molar-refractivity contribution in [3.63, 3.8) is 0 Å². The summed E-state index contributed by atoms with van der Waals surface area (Å²) in [5.74, 6) is -0.287. The van der Waals surface area contributed by atoms with E-state index < -0.39 is 5.82 Å². The third-order valence-electron chi connectivity index (χ3n) is 2.17. The molecule has 0 radical (unpaired) electrons. The zero-order valence-electron chi connectivity index (χ0n) is 8.53. The third kappa shape index (κ3) is 1.79. The molecule has 16 heavy (non-hydrogen) atoms. The van der Waals surface area contributed by atoms with Crippen LogP contribution in [-0.4, -0.2) is 23.6 Å². The number of rotatable bonds is 3. The van der Waals surface area contributed by atoms with E-state index in [9.17, 15) is 9.18 Å². The summed E-state index contributed by atoms with van der Waals surface area (Å²) < 4.78 is 18.2. The zero-order valence-corrected chi connectivity index (χ0v) is 8.53. The Kier molecular flexibility index (Phi) is 2.68. The predicted octanol–water partition coefficient (Wildman–Crippen LogP) is 2.04. The van der Waals surface area contributed by atoms with Gasteiger partial charge in [-0.3, -0.25) is 9.89 Å². The van der Waals surface area contributed by atoms with Crippen LogP contribution in [0.4, 0.5) is 4.39 Å². The lowest BCUT2D eigenvalue weighted by Gasteiger charge is -2.02. The maximum atomic E-state index is 13.4. The highest BCUT2D eigenvalue weighted by atomic mass is 19.1. The quantitative estimate of drug-likeness (QED) is 0.805. The summed E-state index contributed by atoms with van der Waals surface area (Å²) in [5.41, 5.74) is 1.46. The number of carbonyl (C=O) groups is 1. The molecule has 0 aliphatic carbocycles. The molecule has 2 rings (SSSR count). The van der Waals surface area contributed by atoms with Crippen LogP contribution < -0.4 is 4.74 Å². The van der Waals surface area contributed by atoms with Crippen LogP contribution in [0.5, 0.6) is 5.75 Å². The second-order valence-corrected chi connectivity index (χ2v) is 3.18. The molecule has 0 aliphatic heterocycles. The molecule has 5 heteroatoms. The highest BCUT2D eigenvalue weighted by Crippen LogP contribution is 2.24. The first-order valence-electron chi connectivity index (χ1n) is 4.59. The van der Waals surface area contributed by atoms with Crippen molar-refractivity contribution >= 4 is 6.29 Å². The van der Waals surface area contributed by atoms with Gasteiger partial charge in [0.25, 0.3) is 0 Å². The van der Waals surface area contributed by atoms with E-state index in [-0.39, 0.29) is 5.75 Å². The minimum Gasteiger partial charge on any atom is -0.494 e. The van der Waals surface area contributed by atoms with E-state index in [0.29, 0.717) is 23.2 Å². The second kappa shape index (κ2) is 4.14. The molecule has 1 aromatic heterocycles. The fraction of sp³-hybridized carbons (Fsp3) is 0.0909. The molecule has 2 aromatic rings. The summed E-state index contributed by atoms with van der Waals surface area (Å²) in [5, 5.41) is 6.42. The fourth-order valence-electron chi connectivity index (χ4n) is 1.37. The molecule has 4 nitrogen and oxygen atoms in total. The molecule has 0 unspecified atom stereocenters. The smallest absolute Gasteiger partial charge is 0.167 e. The number of hydrogen-bond acceptors (Lipinski definition) is 3. The van der Waals surface area contributed by atoms with Crippen LogP contribution >= 0.6 is 0 Å². The second-order valence-electron chi connectivity index (χ2n) is 3.18. The Morgan fingerprint density at radius 2 is 2.25 bits per heavy atom. The van der Waals surface area contributed by atoms with Crippen molar-refractivity contribution < 1.29 is 13.9 Å². The van der Waals surface area contributed by atoms with Gasteiger partial charge in [0.05, 0.1) is 18.5 Å². The van der Waals surface area contributed by atoms with Crippen molar-refractivity contribution in [1.82, 2.24) is 10.2 Å². The Morgan fingerprint density at radius 3 is 2.81 bits per heavy atom. The van der Waals surface area contributed by atoms with Crippen molar-refractivity contribution in [2.24, 2.45) is 0 Å². The number of aromatic amines is 1. The molecular weight excluding hydrogens is 211 g/mol. The molecule has 0 saturated heterocycles. The van der Waals surface area contributed by atoms with Crippen molar-refractivity contribution in [2.45, 2.75) is 0 Å². The Hall–Kier alpha value is -2.17. The van der Waals surface area contributed by atoms with Crippen LogP contribution in [0.2, 0.25) is 0 Å². The predicted molar refractivity (Wildman–Crippen MR) is 55.9 cm³/mol. The van der Waals surface area contributed by atoms with Gasteiger partial charge in [-0.25, -0.2) is 4.39 Å². The van der Waals surface area contributed by atoms with Gasteiger partial charge in [0, 0.05) is 5.56 Å². The number of benzene rings is 1. The summed E-state index contributed by atoms with van der Waals surface area (Å²) in [7, 11) is 1.40. The molecule has 0 amide bonds. The molecule has 0 saturated carbocycles. The average Bonchev–Trinajstić information content (AvgIpc) is 2.77. The lowest BCUT2D eigenvalue weighted by Crippen LogP contribution is -1.88. The summed E-state index contributed by atoms with van der Waals surface area (Å²) in [6.45, 7) is 0. The van der Waals surface area contributed by atoms with Gasteiger partial charge in [0.2, 0.25) is 0 Å². The molecule has 0 atom stereocenters. The molecule has 0 bridgehead atoms. The van der Waals surface area contributed by atoms with Gasteiger partial charge in [-0.2, -0.15) is 5.10 Å². The maximum absolute atomic E-state index is 13.4. The number of aldehydes is 1. The van der Waals surface area contributed by atoms with Gasteiger partial charge in [-0.1, -0.05) is 0 Å². The summed E-state index contributed by atoms with van der Waals surface area (Å²) in [4.78, 5) is 10.5. The van der Waals surface area contributed by atoms with E-state index >= 15 is 0 Å². The number of nitrogens with zero attached hydrogens (tertiary/aromatic N) is 1. The van der Waals surface area contributed by atoms with E-state index in [2.05, 4.69) is 10.2 Å². The zero-order chi connectivity index (χ0) is 11.5. The lowest BCUT2D eigenvalue weighted by atomic mass is 10.1. The van der Waals surface area contributed by atoms with Crippen molar-refractivity contribution in [3.8, 4) is 17.0 Å². The number of halogens is 1. The van der Waals surface area contributed by atoms with Crippen LogP contribution in [0.25, 0.3) is 11.3 Å². The SMILES string of the molecule is COc1ccc(-c2cc(C=O)[nH]n2)cc1F. The summed E-state index contributed by atoms with van der Waals surface area (Å²) in [6.07, 6.45) is 0.649. The minimum absolute atomic E-state index is 0.176. The standard InChI is InChI=1S/C11H9FN2O2/c1-16-11-3-2-7(4-9(11)12)10-5-8(6-15)13-14-10/h2-6H,1H3,(H,13,14). The van der Waals surface area contributed by atoms with Crippen molar-refractivity contribution in [2.75, 3.05) is 7.11 Å². The molecule has 0 spiro atoms. The van der Waals surface area contributed by atoms with Gasteiger partial charge < -0.3 is 4.74 Å². The Morgan fingerprint density at radius 1 is 1.44 bits per heavy atom. The number of ether oxygens (including phenoxy) is 1. The normalized spacial score (nSPS) is 10.1. The van der Waals surface area contributed by atoms with Crippen LogP contribution in [0.1, 0.15) is 10.5 Å². The van der Waals surface area contributed by atoms with E-state index in [1.807, 2.05) is 0 Å². The number of methoxy groups -OCH3 is 1. The number of nitrogens with one attached hydrogen (secondary N) is 1. The van der Waals surface area contributed by atoms with Crippen LogP contribution in [0.3, 0.4) is 0 Å². The van der Waals surface area contributed by atoms with Crippen LogP contribution in [0, 0.1) is 5.82 Å². The maximum Gasteiger partial charge on any atom is 0.167 e. The average molecular weight is 220 g/mol. The van der Waals surface area contributed by atoms with Crippen molar-refractivity contribution in [3.05, 3.63) is 35.8 Å².